The number of benzene rings is 2. The molecule has 0 radical (unpaired) electrons. The van der Waals surface area contributed by atoms with Crippen LogP contribution in [0.4, 0.5) is 5.13 Å². The smallest absolute Gasteiger partial charge is 0.261 e. The Kier molecular flexibility index (Phi) is 5.77. The minimum Gasteiger partial charge on any atom is -0.496 e. The van der Waals surface area contributed by atoms with E-state index in [9.17, 15) is 4.79 Å². The Morgan fingerprint density at radius 1 is 1.29 bits per heavy atom. The van der Waals surface area contributed by atoms with Crippen molar-refractivity contribution in [1.82, 2.24) is 9.88 Å². The van der Waals surface area contributed by atoms with Gasteiger partial charge in [-0.3, -0.25) is 15.0 Å². The van der Waals surface area contributed by atoms with Crippen molar-refractivity contribution in [3.8, 4) is 5.75 Å². The summed E-state index contributed by atoms with van der Waals surface area (Å²) in [4.78, 5) is 19.5. The second-order valence-electron chi connectivity index (χ2n) is 6.51. The largest absolute Gasteiger partial charge is 0.496 e. The Hall–Kier alpha value is -2.19. The third-order valence-electron chi connectivity index (χ3n) is 4.59. The van der Waals surface area contributed by atoms with Crippen LogP contribution in [0.2, 0.25) is 5.02 Å². The number of amides is 1. The van der Waals surface area contributed by atoms with Gasteiger partial charge in [0.25, 0.3) is 5.91 Å². The number of hydrogen-bond acceptors (Lipinski definition) is 6. The highest BCUT2D eigenvalue weighted by Gasteiger charge is 2.16. The van der Waals surface area contributed by atoms with Crippen LogP contribution >= 0.6 is 22.9 Å². The number of thiazole rings is 1. The average molecular weight is 418 g/mol. The Labute approximate surface area is 172 Å². The Bertz CT molecular complexity index is 1000. The fourth-order valence-corrected chi connectivity index (χ4v) is 4.26. The molecule has 2 heterocycles. The molecular weight excluding hydrogens is 398 g/mol. The molecule has 1 saturated heterocycles. The van der Waals surface area contributed by atoms with Crippen molar-refractivity contribution in [2.24, 2.45) is 0 Å². The van der Waals surface area contributed by atoms with E-state index >= 15 is 0 Å². The third-order valence-corrected chi connectivity index (χ3v) is 5.76. The fraction of sp³-hybridized carbons (Fsp3) is 0.300. The van der Waals surface area contributed by atoms with Gasteiger partial charge in [0.1, 0.15) is 5.75 Å². The zero-order valence-electron chi connectivity index (χ0n) is 15.4. The van der Waals surface area contributed by atoms with Gasteiger partial charge in [0.05, 0.1) is 36.1 Å². The Morgan fingerprint density at radius 2 is 2.11 bits per heavy atom. The van der Waals surface area contributed by atoms with Gasteiger partial charge in [-0.1, -0.05) is 29.0 Å². The maximum atomic E-state index is 12.7. The molecule has 1 N–H and O–H groups in total. The molecule has 3 aromatic rings. The van der Waals surface area contributed by atoms with Crippen LogP contribution in [0.15, 0.2) is 36.4 Å². The van der Waals surface area contributed by atoms with E-state index in [1.807, 2.05) is 6.07 Å². The van der Waals surface area contributed by atoms with Crippen molar-refractivity contribution < 1.29 is 14.3 Å². The lowest BCUT2D eigenvalue weighted by molar-refractivity contribution is 0.0342. The molecule has 0 aliphatic carbocycles. The van der Waals surface area contributed by atoms with Crippen molar-refractivity contribution in [2.75, 3.05) is 38.7 Å². The first kappa shape index (κ1) is 19.1. The molecule has 1 aromatic heterocycles. The standard InChI is InChI=1S/C20H20ClN3O3S/c1-26-17-5-3-14(21)11-15(17)19(25)23-20-22-16-4-2-13(10-18(16)28-20)12-24-6-8-27-9-7-24/h2-5,10-11H,6-9,12H2,1H3,(H,22,23,25). The lowest BCUT2D eigenvalue weighted by Gasteiger charge is -2.26. The van der Waals surface area contributed by atoms with Crippen molar-refractivity contribution in [2.45, 2.75) is 6.54 Å². The molecule has 0 bridgehead atoms. The quantitative estimate of drug-likeness (QED) is 0.678. The molecule has 4 rings (SSSR count). The molecule has 1 amide bonds. The van der Waals surface area contributed by atoms with Crippen molar-refractivity contribution >= 4 is 44.2 Å². The van der Waals surface area contributed by atoms with Crippen LogP contribution in [0.5, 0.6) is 5.75 Å². The number of halogens is 1. The number of ether oxygens (including phenoxy) is 2. The maximum Gasteiger partial charge on any atom is 0.261 e. The summed E-state index contributed by atoms with van der Waals surface area (Å²) in [6, 6.07) is 11.2. The van der Waals surface area contributed by atoms with Crippen molar-refractivity contribution in [3.05, 3.63) is 52.5 Å². The number of nitrogens with zero attached hydrogens (tertiary/aromatic N) is 2. The molecule has 0 spiro atoms. The van der Waals surface area contributed by atoms with Crippen molar-refractivity contribution in [3.63, 3.8) is 0 Å². The number of morpholine rings is 1. The summed E-state index contributed by atoms with van der Waals surface area (Å²) in [5, 5.41) is 3.88. The molecule has 28 heavy (non-hydrogen) atoms. The highest BCUT2D eigenvalue weighted by Crippen LogP contribution is 2.29. The minimum atomic E-state index is -0.299. The third kappa shape index (κ3) is 4.28. The van der Waals surface area contributed by atoms with E-state index in [1.165, 1.54) is 24.0 Å². The van der Waals surface area contributed by atoms with Crippen LogP contribution < -0.4 is 10.1 Å². The van der Waals surface area contributed by atoms with Crippen LogP contribution in [0.3, 0.4) is 0 Å². The van der Waals surface area contributed by atoms with Crippen LogP contribution in [-0.4, -0.2) is 49.2 Å². The van der Waals surface area contributed by atoms with Gasteiger partial charge < -0.3 is 9.47 Å². The molecule has 1 aliphatic heterocycles. The van der Waals surface area contributed by atoms with E-state index in [2.05, 4.69) is 27.3 Å². The highest BCUT2D eigenvalue weighted by atomic mass is 35.5. The van der Waals surface area contributed by atoms with Gasteiger partial charge in [-0.15, -0.1) is 0 Å². The van der Waals surface area contributed by atoms with Crippen LogP contribution in [0.25, 0.3) is 10.2 Å². The fourth-order valence-electron chi connectivity index (χ4n) is 3.16. The maximum absolute atomic E-state index is 12.7. The number of methoxy groups -OCH3 is 1. The number of carbonyl (C=O) groups excluding carboxylic acids is 1. The van der Waals surface area contributed by atoms with Gasteiger partial charge in [0, 0.05) is 24.7 Å². The molecule has 1 fully saturated rings. The Morgan fingerprint density at radius 3 is 2.89 bits per heavy atom. The molecule has 6 nitrogen and oxygen atoms in total. The number of nitrogens with one attached hydrogen (secondary N) is 1. The van der Waals surface area contributed by atoms with Gasteiger partial charge in [-0.05, 0) is 35.9 Å². The Balaban J connectivity index is 1.51. The number of aromatic nitrogens is 1. The second-order valence-corrected chi connectivity index (χ2v) is 7.98. The van der Waals surface area contributed by atoms with Gasteiger partial charge in [0.15, 0.2) is 5.13 Å². The number of hydrogen-bond donors (Lipinski definition) is 1. The first-order chi connectivity index (χ1) is 13.6. The topological polar surface area (TPSA) is 63.7 Å². The predicted molar refractivity (Wildman–Crippen MR) is 112 cm³/mol. The first-order valence-electron chi connectivity index (χ1n) is 8.97. The normalized spacial score (nSPS) is 14.9. The second kappa shape index (κ2) is 8.45. The van der Waals surface area contributed by atoms with Crippen molar-refractivity contribution in [1.29, 1.82) is 0 Å². The van der Waals surface area contributed by atoms with E-state index in [1.54, 1.807) is 18.2 Å². The molecule has 2 aromatic carbocycles. The van der Waals surface area contributed by atoms with Gasteiger partial charge in [0.2, 0.25) is 0 Å². The summed E-state index contributed by atoms with van der Waals surface area (Å²) in [5.41, 5.74) is 2.47. The summed E-state index contributed by atoms with van der Waals surface area (Å²) in [6.07, 6.45) is 0. The summed E-state index contributed by atoms with van der Waals surface area (Å²) in [7, 11) is 1.52. The molecule has 146 valence electrons. The predicted octanol–water partition coefficient (Wildman–Crippen LogP) is 4.04. The number of fused-ring (bicyclic) bond motifs is 1. The van der Waals surface area contributed by atoms with Gasteiger partial charge in [-0.2, -0.15) is 0 Å². The molecular formula is C20H20ClN3O3S. The lowest BCUT2D eigenvalue weighted by Crippen LogP contribution is -2.35. The van der Waals surface area contributed by atoms with E-state index in [0.717, 1.165) is 43.1 Å². The average Bonchev–Trinajstić information content (AvgIpc) is 3.10. The highest BCUT2D eigenvalue weighted by molar-refractivity contribution is 7.22. The van der Waals surface area contributed by atoms with Crippen LogP contribution in [-0.2, 0) is 11.3 Å². The molecule has 0 saturated carbocycles. The molecule has 0 unspecified atom stereocenters. The van der Waals surface area contributed by atoms with Crippen LogP contribution in [0.1, 0.15) is 15.9 Å². The van der Waals surface area contributed by atoms with Gasteiger partial charge >= 0.3 is 0 Å². The molecule has 0 atom stereocenters. The van der Waals surface area contributed by atoms with E-state index in [0.29, 0.717) is 21.5 Å². The monoisotopic (exact) mass is 417 g/mol. The summed E-state index contributed by atoms with van der Waals surface area (Å²) in [6.45, 7) is 4.35. The number of anilines is 1. The summed E-state index contributed by atoms with van der Waals surface area (Å²) < 4.78 is 11.7. The number of carbonyl (C=O) groups is 1. The summed E-state index contributed by atoms with van der Waals surface area (Å²) >= 11 is 7.48. The summed E-state index contributed by atoms with van der Waals surface area (Å²) in [5.74, 6) is 0.169. The lowest BCUT2D eigenvalue weighted by atomic mass is 10.2. The number of rotatable bonds is 5. The van der Waals surface area contributed by atoms with Gasteiger partial charge in [-0.25, -0.2) is 4.98 Å². The van der Waals surface area contributed by atoms with E-state index < -0.39 is 0 Å². The molecule has 8 heteroatoms. The molecule has 1 aliphatic rings. The SMILES string of the molecule is COc1ccc(Cl)cc1C(=O)Nc1nc2ccc(CN3CCOCC3)cc2s1. The zero-order chi connectivity index (χ0) is 19.5. The first-order valence-corrected chi connectivity index (χ1v) is 10.2. The van der Waals surface area contributed by atoms with E-state index in [4.69, 9.17) is 21.1 Å². The minimum absolute atomic E-state index is 0.299. The zero-order valence-corrected chi connectivity index (χ0v) is 17.0. The van der Waals surface area contributed by atoms with Crippen LogP contribution in [0, 0.1) is 0 Å². The van der Waals surface area contributed by atoms with E-state index in [-0.39, 0.29) is 5.91 Å².